The van der Waals surface area contributed by atoms with Gasteiger partial charge in [-0.3, -0.25) is 0 Å². The molecule has 0 saturated heterocycles. The number of hydrogen-bond acceptors (Lipinski definition) is 1. The summed E-state index contributed by atoms with van der Waals surface area (Å²) in [4.78, 5) is 0. The van der Waals surface area contributed by atoms with Gasteiger partial charge in [-0.15, -0.1) is 0 Å². The highest BCUT2D eigenvalue weighted by atomic mass is 14.3. The second-order valence-corrected chi connectivity index (χ2v) is 7.27. The van der Waals surface area contributed by atoms with Crippen molar-refractivity contribution >= 4 is 0 Å². The van der Waals surface area contributed by atoms with Crippen molar-refractivity contribution in [3.8, 4) is 17.2 Å². The van der Waals surface area contributed by atoms with Gasteiger partial charge >= 0.3 is 0 Å². The summed E-state index contributed by atoms with van der Waals surface area (Å²) >= 11 is 0. The molecule has 1 aliphatic rings. The van der Waals surface area contributed by atoms with Crippen LogP contribution in [0.15, 0.2) is 48.4 Å². The van der Waals surface area contributed by atoms with Gasteiger partial charge < -0.3 is 0 Å². The van der Waals surface area contributed by atoms with Crippen molar-refractivity contribution < 1.29 is 5.48 Å². The third-order valence-electron chi connectivity index (χ3n) is 5.48. The van der Waals surface area contributed by atoms with Gasteiger partial charge in [-0.1, -0.05) is 81.8 Å². The molecule has 0 amide bonds. The minimum absolute atomic E-state index is 0.154. The van der Waals surface area contributed by atoms with Crippen molar-refractivity contribution in [1.29, 1.82) is 5.26 Å². The van der Waals surface area contributed by atoms with E-state index in [4.69, 9.17) is 10.7 Å². The van der Waals surface area contributed by atoms with Gasteiger partial charge in [-0.25, -0.2) is 0 Å². The summed E-state index contributed by atoms with van der Waals surface area (Å²) < 4.78 is 32.3. The molecule has 1 aliphatic carbocycles. The summed E-state index contributed by atoms with van der Waals surface area (Å²) in [6.07, 6.45) is 10.3. The van der Waals surface area contributed by atoms with Crippen LogP contribution in [0.2, 0.25) is 0 Å². The first-order chi connectivity index (χ1) is 14.0. The molecule has 0 bridgehead atoms. The molecule has 0 heterocycles. The van der Waals surface area contributed by atoms with Gasteiger partial charge in [0, 0.05) is 0 Å². The fourth-order valence-corrected chi connectivity index (χ4v) is 3.94. The predicted molar refractivity (Wildman–Crippen MR) is 105 cm³/mol. The van der Waals surface area contributed by atoms with Gasteiger partial charge in [0.2, 0.25) is 0 Å². The van der Waals surface area contributed by atoms with Crippen molar-refractivity contribution in [1.82, 2.24) is 0 Å². The number of aryl methyl sites for hydroxylation is 1. The van der Waals surface area contributed by atoms with E-state index in [1.807, 2.05) is 24.3 Å². The van der Waals surface area contributed by atoms with Gasteiger partial charge in [0.15, 0.2) is 0 Å². The Labute approximate surface area is 158 Å². The number of benzene rings is 2. The molecule has 1 saturated carbocycles. The van der Waals surface area contributed by atoms with E-state index in [1.165, 1.54) is 50.5 Å². The van der Waals surface area contributed by atoms with Crippen molar-refractivity contribution in [3.63, 3.8) is 0 Å². The Bertz CT molecular complexity index is 862. The van der Waals surface area contributed by atoms with Crippen LogP contribution in [0.4, 0.5) is 0 Å². The molecule has 0 radical (unpaired) electrons. The minimum Gasteiger partial charge on any atom is -0.192 e. The first-order valence-electron chi connectivity index (χ1n) is 11.6. The van der Waals surface area contributed by atoms with E-state index in [9.17, 15) is 0 Å². The molecule has 130 valence electrons. The zero-order chi connectivity index (χ0) is 21.0. The lowest BCUT2D eigenvalue weighted by molar-refractivity contribution is 0.252. The van der Waals surface area contributed by atoms with E-state index in [-0.39, 0.29) is 35.3 Å². The minimum atomic E-state index is -0.272. The molecule has 0 atom stereocenters. The Balaban J connectivity index is 1.68. The summed E-state index contributed by atoms with van der Waals surface area (Å²) in [6.45, 7) is 2.27. The Hall–Kier alpha value is -2.07. The molecule has 0 aromatic heterocycles. The van der Waals surface area contributed by atoms with Crippen LogP contribution in [0.3, 0.4) is 0 Å². The first-order valence-corrected chi connectivity index (χ1v) is 9.56. The molecule has 2 aromatic carbocycles. The molecular weight excluding hydrogens is 302 g/mol. The van der Waals surface area contributed by atoms with Crippen LogP contribution in [0.1, 0.15) is 68.5 Å². The maximum absolute atomic E-state index is 9.10. The van der Waals surface area contributed by atoms with E-state index in [2.05, 4.69) is 6.92 Å². The van der Waals surface area contributed by atoms with Crippen LogP contribution >= 0.6 is 0 Å². The largest absolute Gasteiger partial charge is 0.192 e. The normalized spacial score (nSPS) is 22.4. The number of hydrogen-bond donors (Lipinski definition) is 0. The summed E-state index contributed by atoms with van der Waals surface area (Å²) in [5, 5.41) is 9.10. The molecule has 25 heavy (non-hydrogen) atoms. The third kappa shape index (κ3) is 4.95. The van der Waals surface area contributed by atoms with Crippen LogP contribution in [-0.2, 0) is 6.42 Å². The molecule has 1 heteroatoms. The SMILES string of the molecule is [2H]c1c([2H])c(-c2ccc(CCC3CCC(CCC)CC3)cc2)c([2H])c([2H])c1C#N. The molecule has 3 rings (SSSR count). The van der Waals surface area contributed by atoms with Crippen LogP contribution in [-0.4, -0.2) is 0 Å². The van der Waals surface area contributed by atoms with Crippen molar-refractivity contribution in [2.45, 2.75) is 58.3 Å². The predicted octanol–water partition coefficient (Wildman–Crippen LogP) is 6.76. The van der Waals surface area contributed by atoms with E-state index in [0.29, 0.717) is 5.56 Å². The topological polar surface area (TPSA) is 23.8 Å². The van der Waals surface area contributed by atoms with E-state index >= 15 is 0 Å². The summed E-state index contributed by atoms with van der Waals surface area (Å²) in [5.41, 5.74) is 1.97. The quantitative estimate of drug-likeness (QED) is 0.572. The Morgan fingerprint density at radius 3 is 2.08 bits per heavy atom. The van der Waals surface area contributed by atoms with Gasteiger partial charge in [0.25, 0.3) is 0 Å². The average Bonchev–Trinajstić information content (AvgIpc) is 2.73. The van der Waals surface area contributed by atoms with Gasteiger partial charge in [-0.2, -0.15) is 5.26 Å². The molecule has 0 unspecified atom stereocenters. The standard InChI is InChI=1S/C24H29N/c1-2-3-19-4-6-20(7-5-19)8-9-21-10-14-23(15-11-21)24-16-12-22(18-25)13-17-24/h10-17,19-20H,2-9H2,1H3/i12D,13D,16D,17D. The van der Waals surface area contributed by atoms with Gasteiger partial charge in [0.05, 0.1) is 17.1 Å². The molecule has 0 aliphatic heterocycles. The monoisotopic (exact) mass is 335 g/mol. The highest BCUT2D eigenvalue weighted by Gasteiger charge is 2.20. The third-order valence-corrected chi connectivity index (χ3v) is 5.48. The van der Waals surface area contributed by atoms with E-state index in [0.717, 1.165) is 18.3 Å². The lowest BCUT2D eigenvalue weighted by Crippen LogP contribution is -2.15. The van der Waals surface area contributed by atoms with Crippen molar-refractivity contribution in [2.24, 2.45) is 11.8 Å². The summed E-state index contributed by atoms with van der Waals surface area (Å²) in [6, 6.07) is 8.74. The maximum Gasteiger partial charge on any atom is 0.0991 e. The molecule has 1 fully saturated rings. The molecule has 0 spiro atoms. The van der Waals surface area contributed by atoms with Crippen LogP contribution < -0.4 is 0 Å². The van der Waals surface area contributed by atoms with E-state index < -0.39 is 0 Å². The van der Waals surface area contributed by atoms with Gasteiger partial charge in [0.1, 0.15) is 0 Å². The highest BCUT2D eigenvalue weighted by Crippen LogP contribution is 2.34. The summed E-state index contributed by atoms with van der Waals surface area (Å²) in [5.74, 6) is 1.75. The molecule has 2 aromatic rings. The maximum atomic E-state index is 9.10. The lowest BCUT2D eigenvalue weighted by Gasteiger charge is -2.28. The van der Waals surface area contributed by atoms with Crippen LogP contribution in [0.5, 0.6) is 0 Å². The first kappa shape index (κ1) is 13.2. The van der Waals surface area contributed by atoms with Crippen molar-refractivity contribution in [2.75, 3.05) is 0 Å². The van der Waals surface area contributed by atoms with E-state index in [1.54, 1.807) is 6.07 Å². The second kappa shape index (κ2) is 8.86. The van der Waals surface area contributed by atoms with Gasteiger partial charge in [-0.05, 0) is 53.5 Å². The zero-order valence-corrected chi connectivity index (χ0v) is 15.1. The summed E-state index contributed by atoms with van der Waals surface area (Å²) in [7, 11) is 0. The molecule has 1 nitrogen and oxygen atoms in total. The Morgan fingerprint density at radius 1 is 0.920 bits per heavy atom. The Morgan fingerprint density at radius 2 is 1.52 bits per heavy atom. The van der Waals surface area contributed by atoms with Crippen LogP contribution in [0, 0.1) is 23.2 Å². The molecular formula is C24H29N. The number of nitriles is 1. The smallest absolute Gasteiger partial charge is 0.0991 e. The fourth-order valence-electron chi connectivity index (χ4n) is 3.94. The highest BCUT2D eigenvalue weighted by molar-refractivity contribution is 5.64. The zero-order valence-electron chi connectivity index (χ0n) is 19.1. The fraction of sp³-hybridized carbons (Fsp3) is 0.458. The Kier molecular flexibility index (Phi) is 4.67. The lowest BCUT2D eigenvalue weighted by atomic mass is 9.78. The average molecular weight is 336 g/mol. The second-order valence-electron chi connectivity index (χ2n) is 7.27. The van der Waals surface area contributed by atoms with Crippen LogP contribution in [0.25, 0.3) is 11.1 Å². The number of nitrogens with zero attached hydrogens (tertiary/aromatic N) is 1. The number of rotatable bonds is 6. The molecule has 0 N–H and O–H groups in total. The van der Waals surface area contributed by atoms with Crippen molar-refractivity contribution in [3.05, 3.63) is 59.6 Å².